The third-order valence-corrected chi connectivity index (χ3v) is 4.86. The molecule has 0 radical (unpaired) electrons. The lowest BCUT2D eigenvalue weighted by atomic mass is 10.1. The van der Waals surface area contributed by atoms with Gasteiger partial charge in [0, 0.05) is 18.3 Å². The normalized spacial score (nSPS) is 10.5. The van der Waals surface area contributed by atoms with E-state index in [2.05, 4.69) is 10.4 Å². The molecule has 0 aliphatic heterocycles. The van der Waals surface area contributed by atoms with Gasteiger partial charge < -0.3 is 15.0 Å². The number of aryl methyl sites for hydroxylation is 1. The number of nitrogens with one attached hydrogen (secondary N) is 1. The summed E-state index contributed by atoms with van der Waals surface area (Å²) in [7, 11) is 1.57. The van der Waals surface area contributed by atoms with Gasteiger partial charge in [-0.3, -0.25) is 9.59 Å². The molecule has 0 fully saturated rings. The molecule has 3 aromatic rings. The van der Waals surface area contributed by atoms with Gasteiger partial charge in [0.05, 0.1) is 29.7 Å². The molecule has 0 atom stereocenters. The Labute approximate surface area is 176 Å². The summed E-state index contributed by atoms with van der Waals surface area (Å²) >= 11 is 0. The number of carbonyl (C=O) groups excluding carboxylic acids is 2. The quantitative estimate of drug-likeness (QED) is 0.650. The van der Waals surface area contributed by atoms with Gasteiger partial charge in [0.1, 0.15) is 12.3 Å². The van der Waals surface area contributed by atoms with E-state index in [1.165, 1.54) is 4.90 Å². The van der Waals surface area contributed by atoms with Crippen LogP contribution in [0.15, 0.2) is 54.6 Å². The predicted molar refractivity (Wildman–Crippen MR) is 116 cm³/mol. The molecule has 7 nitrogen and oxygen atoms in total. The number of benzene rings is 2. The summed E-state index contributed by atoms with van der Waals surface area (Å²) in [5.41, 5.74) is 3.40. The number of aromatic nitrogens is 2. The topological polar surface area (TPSA) is 76.5 Å². The third-order valence-electron chi connectivity index (χ3n) is 4.86. The molecule has 0 unspecified atom stereocenters. The summed E-state index contributed by atoms with van der Waals surface area (Å²) in [4.78, 5) is 27.3. The van der Waals surface area contributed by atoms with Crippen molar-refractivity contribution in [3.63, 3.8) is 0 Å². The maximum Gasteiger partial charge on any atom is 0.258 e. The molecule has 0 bridgehead atoms. The lowest BCUT2D eigenvalue weighted by Gasteiger charge is -2.20. The number of methoxy groups -OCH3 is 1. The second-order valence-electron chi connectivity index (χ2n) is 6.89. The monoisotopic (exact) mass is 406 g/mol. The maximum absolute atomic E-state index is 13.2. The molecule has 3 rings (SSSR count). The summed E-state index contributed by atoms with van der Waals surface area (Å²) in [6.45, 7) is 5.87. The van der Waals surface area contributed by atoms with Crippen molar-refractivity contribution in [2.75, 3.05) is 25.5 Å². The molecule has 0 spiro atoms. The molecule has 7 heteroatoms. The van der Waals surface area contributed by atoms with Gasteiger partial charge in [-0.1, -0.05) is 24.3 Å². The molecular weight excluding hydrogens is 380 g/mol. The second-order valence-corrected chi connectivity index (χ2v) is 6.89. The van der Waals surface area contributed by atoms with Crippen molar-refractivity contribution < 1.29 is 14.3 Å². The van der Waals surface area contributed by atoms with Gasteiger partial charge >= 0.3 is 0 Å². The van der Waals surface area contributed by atoms with E-state index in [0.29, 0.717) is 29.2 Å². The van der Waals surface area contributed by atoms with Gasteiger partial charge in [-0.05, 0) is 45.0 Å². The highest BCUT2D eigenvalue weighted by Gasteiger charge is 2.25. The first-order chi connectivity index (χ1) is 14.4. The van der Waals surface area contributed by atoms with Gasteiger partial charge in [-0.2, -0.15) is 5.10 Å². The first kappa shape index (κ1) is 21.1. The lowest BCUT2D eigenvalue weighted by molar-refractivity contribution is -0.116. The highest BCUT2D eigenvalue weighted by Crippen LogP contribution is 2.20. The summed E-state index contributed by atoms with van der Waals surface area (Å²) in [5.74, 6) is 0.162. The first-order valence-corrected chi connectivity index (χ1v) is 9.79. The van der Waals surface area contributed by atoms with Crippen molar-refractivity contribution >= 4 is 17.5 Å². The Kier molecular flexibility index (Phi) is 6.51. The van der Waals surface area contributed by atoms with E-state index in [-0.39, 0.29) is 18.4 Å². The number of likely N-dealkylation sites (N-methyl/N-ethyl adjacent to an activating group) is 1. The van der Waals surface area contributed by atoms with Crippen LogP contribution in [0.2, 0.25) is 0 Å². The Bertz CT molecular complexity index is 1040. The largest absolute Gasteiger partial charge is 0.497 e. The number of amides is 2. The number of para-hydroxylation sites is 1. The zero-order valence-corrected chi connectivity index (χ0v) is 17.7. The van der Waals surface area contributed by atoms with Crippen molar-refractivity contribution in [1.29, 1.82) is 0 Å². The Balaban J connectivity index is 1.77. The number of ether oxygens (including phenoxy) is 1. The van der Waals surface area contributed by atoms with Gasteiger partial charge in [-0.25, -0.2) is 4.68 Å². The Morgan fingerprint density at radius 1 is 1.10 bits per heavy atom. The first-order valence-electron chi connectivity index (χ1n) is 9.79. The molecule has 2 aromatic carbocycles. The number of nitrogens with zero attached hydrogens (tertiary/aromatic N) is 3. The summed E-state index contributed by atoms with van der Waals surface area (Å²) < 4.78 is 6.93. The number of carbonyl (C=O) groups is 2. The Hall–Kier alpha value is -3.61. The van der Waals surface area contributed by atoms with Gasteiger partial charge in [0.2, 0.25) is 5.91 Å². The van der Waals surface area contributed by atoms with E-state index in [0.717, 1.165) is 11.4 Å². The van der Waals surface area contributed by atoms with Gasteiger partial charge in [-0.15, -0.1) is 0 Å². The van der Waals surface area contributed by atoms with Crippen molar-refractivity contribution in [2.45, 2.75) is 20.8 Å². The average molecular weight is 406 g/mol. The van der Waals surface area contributed by atoms with E-state index in [1.807, 2.05) is 51.1 Å². The van der Waals surface area contributed by atoms with E-state index in [9.17, 15) is 9.59 Å². The highest BCUT2D eigenvalue weighted by molar-refractivity contribution is 6.00. The van der Waals surface area contributed by atoms with Crippen molar-refractivity contribution in [3.8, 4) is 11.4 Å². The van der Waals surface area contributed by atoms with Gasteiger partial charge in [0.15, 0.2) is 0 Å². The average Bonchev–Trinajstić information content (AvgIpc) is 3.06. The van der Waals surface area contributed by atoms with Crippen LogP contribution in [0, 0.1) is 13.8 Å². The van der Waals surface area contributed by atoms with Crippen LogP contribution in [0.1, 0.15) is 28.7 Å². The van der Waals surface area contributed by atoms with Crippen LogP contribution < -0.4 is 10.1 Å². The van der Waals surface area contributed by atoms with Crippen LogP contribution in [-0.4, -0.2) is 46.7 Å². The number of hydrogen-bond donors (Lipinski definition) is 1. The summed E-state index contributed by atoms with van der Waals surface area (Å²) in [6.07, 6.45) is 0. The zero-order valence-electron chi connectivity index (χ0n) is 17.7. The van der Waals surface area contributed by atoms with Crippen LogP contribution in [0.4, 0.5) is 5.69 Å². The fraction of sp³-hybridized carbons (Fsp3) is 0.261. The van der Waals surface area contributed by atoms with E-state index >= 15 is 0 Å². The van der Waals surface area contributed by atoms with Crippen LogP contribution >= 0.6 is 0 Å². The molecule has 2 amide bonds. The molecule has 0 saturated carbocycles. The van der Waals surface area contributed by atoms with Crippen LogP contribution in [0.5, 0.6) is 5.75 Å². The minimum atomic E-state index is -0.274. The van der Waals surface area contributed by atoms with Crippen LogP contribution in [0.25, 0.3) is 5.69 Å². The predicted octanol–water partition coefficient (Wildman–Crippen LogP) is 3.60. The maximum atomic E-state index is 13.2. The molecule has 0 aliphatic carbocycles. The van der Waals surface area contributed by atoms with Gasteiger partial charge in [0.25, 0.3) is 5.91 Å². The lowest BCUT2D eigenvalue weighted by Crippen LogP contribution is -2.38. The van der Waals surface area contributed by atoms with E-state index in [1.54, 1.807) is 36.1 Å². The van der Waals surface area contributed by atoms with Crippen molar-refractivity contribution in [3.05, 3.63) is 71.5 Å². The highest BCUT2D eigenvalue weighted by atomic mass is 16.5. The van der Waals surface area contributed by atoms with Crippen molar-refractivity contribution in [1.82, 2.24) is 14.7 Å². The fourth-order valence-corrected chi connectivity index (χ4v) is 3.33. The summed E-state index contributed by atoms with van der Waals surface area (Å²) in [5, 5.41) is 7.35. The molecule has 0 saturated heterocycles. The molecule has 156 valence electrons. The molecule has 1 aromatic heterocycles. The number of hydrogen-bond acceptors (Lipinski definition) is 4. The van der Waals surface area contributed by atoms with Crippen molar-refractivity contribution in [2.24, 2.45) is 0 Å². The standard InChI is InChI=1S/C23H26N4O3/c1-5-26(15-21(28)24-18-10-9-13-20(14-18)30-4)23(29)22-16(2)25-27(17(22)3)19-11-7-6-8-12-19/h6-14H,5,15H2,1-4H3,(H,24,28). The molecule has 30 heavy (non-hydrogen) atoms. The summed E-state index contributed by atoms with van der Waals surface area (Å²) in [6, 6.07) is 16.8. The SMILES string of the molecule is CCN(CC(=O)Nc1cccc(OC)c1)C(=O)c1c(C)nn(-c2ccccc2)c1C. The number of anilines is 1. The Morgan fingerprint density at radius 3 is 2.50 bits per heavy atom. The molecule has 1 N–H and O–H groups in total. The molecule has 1 heterocycles. The minimum absolute atomic E-state index is 0.0536. The van der Waals surface area contributed by atoms with Crippen LogP contribution in [0.3, 0.4) is 0 Å². The number of rotatable bonds is 7. The van der Waals surface area contributed by atoms with Crippen LogP contribution in [-0.2, 0) is 4.79 Å². The molecule has 0 aliphatic rings. The fourth-order valence-electron chi connectivity index (χ4n) is 3.33. The Morgan fingerprint density at radius 2 is 1.83 bits per heavy atom. The zero-order chi connectivity index (χ0) is 21.7. The smallest absolute Gasteiger partial charge is 0.258 e. The van der Waals surface area contributed by atoms with E-state index in [4.69, 9.17) is 4.74 Å². The van der Waals surface area contributed by atoms with E-state index < -0.39 is 0 Å². The third kappa shape index (κ3) is 4.51. The second kappa shape index (κ2) is 9.26. The minimum Gasteiger partial charge on any atom is -0.497 e. The molecular formula is C23H26N4O3.